The van der Waals surface area contributed by atoms with E-state index in [0.717, 1.165) is 33.0 Å². The molecule has 0 aliphatic heterocycles. The normalized spacial score (nSPS) is 8.47. The lowest BCUT2D eigenvalue weighted by molar-refractivity contribution is 0.101. The maximum absolute atomic E-state index is 11.4. The highest BCUT2D eigenvalue weighted by molar-refractivity contribution is 7.18. The molecule has 1 aromatic carbocycles. The van der Waals surface area contributed by atoms with Crippen molar-refractivity contribution in [1.82, 2.24) is 9.55 Å². The van der Waals surface area contributed by atoms with Crippen LogP contribution in [0, 0.1) is 6.92 Å². The van der Waals surface area contributed by atoms with Crippen LogP contribution in [-0.2, 0) is 7.05 Å². The van der Waals surface area contributed by atoms with E-state index in [1.165, 1.54) is 18.3 Å². The van der Waals surface area contributed by atoms with Gasteiger partial charge >= 0.3 is 0 Å². The molecule has 0 aliphatic carbocycles. The van der Waals surface area contributed by atoms with Gasteiger partial charge in [-0.05, 0) is 32.0 Å². The molecule has 38 heavy (non-hydrogen) atoms. The minimum absolute atomic E-state index is 0.0758. The smallest absolute Gasteiger partial charge is 0.190 e. The standard InChI is InChI=1S/C12H13NO2.C6H5ClOS.C4H5NO.4C2H6/c1-8(14)10-7-13(2)12-9(10)5-4-6-11(12)15-3;1-4(8)5-2-3-6(7)9-5;1-4-5-2-3-6-4;4*1-2/h4-7H,1-3H3;2-3H,1H3;2-3H,1H3;4*1-2H3. The highest BCUT2D eigenvalue weighted by atomic mass is 35.5. The summed E-state index contributed by atoms with van der Waals surface area (Å²) in [6.07, 6.45) is 5.01. The lowest BCUT2D eigenvalue weighted by atomic mass is 10.1. The average molecular weight is 567 g/mol. The van der Waals surface area contributed by atoms with E-state index in [2.05, 4.69) is 4.98 Å². The molecule has 6 nitrogen and oxygen atoms in total. The van der Waals surface area contributed by atoms with Gasteiger partial charge in [0.05, 0.1) is 28.0 Å². The number of ketones is 2. The second-order valence-corrected chi connectivity index (χ2v) is 7.99. The molecule has 3 aromatic heterocycles. The number of rotatable bonds is 3. The molecule has 4 rings (SSSR count). The first-order valence-electron chi connectivity index (χ1n) is 13.0. The van der Waals surface area contributed by atoms with Gasteiger partial charge in [0.2, 0.25) is 0 Å². The van der Waals surface area contributed by atoms with Crippen molar-refractivity contribution in [3.8, 4) is 5.75 Å². The molecule has 0 aliphatic rings. The molecular weight excluding hydrogens is 520 g/mol. The number of Topliss-reactive ketones (excluding diaryl/α,β-unsaturated/α-hetero) is 2. The minimum Gasteiger partial charge on any atom is -0.495 e. The number of carbonyl (C=O) groups is 2. The molecule has 8 heteroatoms. The highest BCUT2D eigenvalue weighted by Crippen LogP contribution is 2.29. The van der Waals surface area contributed by atoms with E-state index < -0.39 is 0 Å². The second-order valence-electron chi connectivity index (χ2n) is 6.28. The maximum atomic E-state index is 11.4. The van der Waals surface area contributed by atoms with E-state index in [-0.39, 0.29) is 11.6 Å². The molecule has 0 fully saturated rings. The minimum atomic E-state index is 0.0758. The first-order valence-corrected chi connectivity index (χ1v) is 14.2. The number of thiophene rings is 1. The van der Waals surface area contributed by atoms with Crippen LogP contribution in [0.4, 0.5) is 0 Å². The van der Waals surface area contributed by atoms with E-state index in [4.69, 9.17) is 20.8 Å². The van der Waals surface area contributed by atoms with E-state index in [1.54, 1.807) is 45.6 Å². The third-order valence-corrected chi connectivity index (χ3v) is 5.37. The molecule has 3 heterocycles. The van der Waals surface area contributed by atoms with Crippen molar-refractivity contribution in [3.63, 3.8) is 0 Å². The van der Waals surface area contributed by atoms with Gasteiger partial charge in [0.25, 0.3) is 0 Å². The lowest BCUT2D eigenvalue weighted by Gasteiger charge is -2.03. The van der Waals surface area contributed by atoms with Gasteiger partial charge in [-0.1, -0.05) is 79.1 Å². The van der Waals surface area contributed by atoms with E-state index in [1.807, 2.05) is 91.4 Å². The number of hydrogen-bond acceptors (Lipinski definition) is 6. The van der Waals surface area contributed by atoms with Crippen LogP contribution in [0.1, 0.15) is 95.2 Å². The van der Waals surface area contributed by atoms with Crippen LogP contribution in [0.3, 0.4) is 0 Å². The fourth-order valence-electron chi connectivity index (χ4n) is 2.67. The van der Waals surface area contributed by atoms with Crippen molar-refractivity contribution in [2.75, 3.05) is 7.11 Å². The van der Waals surface area contributed by atoms with Gasteiger partial charge < -0.3 is 13.7 Å². The number of fused-ring (bicyclic) bond motifs is 1. The topological polar surface area (TPSA) is 74.3 Å². The van der Waals surface area contributed by atoms with Crippen LogP contribution in [-0.4, -0.2) is 28.2 Å². The zero-order chi connectivity index (χ0) is 30.3. The Morgan fingerprint density at radius 2 is 1.53 bits per heavy atom. The number of para-hydroxylation sites is 1. The summed E-state index contributed by atoms with van der Waals surface area (Å²) in [5.41, 5.74) is 1.71. The summed E-state index contributed by atoms with van der Waals surface area (Å²) < 4.78 is 12.6. The van der Waals surface area contributed by atoms with Gasteiger partial charge in [-0.15, -0.1) is 11.3 Å². The van der Waals surface area contributed by atoms with Gasteiger partial charge in [0, 0.05) is 31.1 Å². The summed E-state index contributed by atoms with van der Waals surface area (Å²) in [6.45, 7) is 20.9. The zero-order valence-electron chi connectivity index (χ0n) is 25.4. The predicted molar refractivity (Wildman–Crippen MR) is 165 cm³/mol. The van der Waals surface area contributed by atoms with Gasteiger partial charge in [-0.25, -0.2) is 4.98 Å². The first-order chi connectivity index (χ1) is 18.2. The van der Waals surface area contributed by atoms with Crippen molar-refractivity contribution < 1.29 is 18.7 Å². The first kappa shape index (κ1) is 39.6. The quantitative estimate of drug-likeness (QED) is 0.230. The predicted octanol–water partition coefficient (Wildman–Crippen LogP) is 10.1. The van der Waals surface area contributed by atoms with Crippen LogP contribution in [0.25, 0.3) is 10.9 Å². The Bertz CT molecular complexity index is 1130. The zero-order valence-corrected chi connectivity index (χ0v) is 27.0. The van der Waals surface area contributed by atoms with Crippen LogP contribution >= 0.6 is 22.9 Å². The summed E-state index contributed by atoms with van der Waals surface area (Å²) in [5.74, 6) is 1.67. The molecule has 0 saturated carbocycles. The Morgan fingerprint density at radius 1 is 0.947 bits per heavy atom. The van der Waals surface area contributed by atoms with Crippen molar-refractivity contribution in [1.29, 1.82) is 0 Å². The monoisotopic (exact) mass is 566 g/mol. The summed E-state index contributed by atoms with van der Waals surface area (Å²) >= 11 is 6.88. The summed E-state index contributed by atoms with van der Waals surface area (Å²) in [5, 5.41) is 0.948. The molecule has 0 N–H and O–H groups in total. The molecular formula is C30H47ClN2O4S. The Kier molecular flexibility index (Phi) is 25.5. The Morgan fingerprint density at radius 3 is 1.84 bits per heavy atom. The number of hydrogen-bond donors (Lipinski definition) is 0. The third kappa shape index (κ3) is 14.1. The number of ether oxygens (including phenoxy) is 1. The molecule has 0 amide bonds. The van der Waals surface area contributed by atoms with Gasteiger partial charge in [0.1, 0.15) is 12.0 Å². The fraction of sp³-hybridized carbons (Fsp3) is 0.433. The van der Waals surface area contributed by atoms with Gasteiger partial charge in [-0.2, -0.15) is 0 Å². The SMILES string of the molecule is CC.CC.CC.CC.CC(=O)c1ccc(Cl)s1.COc1cccc2c(C(C)=O)cn(C)c12.Cc1ncco1. The van der Waals surface area contributed by atoms with Crippen molar-refractivity contribution in [2.45, 2.75) is 76.2 Å². The molecule has 0 atom stereocenters. The van der Waals surface area contributed by atoms with Gasteiger partial charge in [0.15, 0.2) is 17.5 Å². The van der Waals surface area contributed by atoms with Crippen molar-refractivity contribution >= 4 is 45.4 Å². The average Bonchev–Trinajstić information content (AvgIpc) is 3.70. The molecule has 0 radical (unpaired) electrons. The Labute approximate surface area is 239 Å². The number of oxazole rings is 1. The number of benzene rings is 1. The van der Waals surface area contributed by atoms with Gasteiger partial charge in [-0.3, -0.25) is 9.59 Å². The second kappa shape index (κ2) is 24.4. The highest BCUT2D eigenvalue weighted by Gasteiger charge is 2.13. The van der Waals surface area contributed by atoms with E-state index >= 15 is 0 Å². The Balaban J connectivity index is -0.000000457. The fourth-order valence-corrected chi connectivity index (χ4v) is 3.61. The van der Waals surface area contributed by atoms with Crippen LogP contribution in [0.15, 0.2) is 53.4 Å². The van der Waals surface area contributed by atoms with E-state index in [9.17, 15) is 9.59 Å². The molecule has 0 saturated heterocycles. The van der Waals surface area contributed by atoms with Crippen molar-refractivity contribution in [3.05, 3.63) is 69.7 Å². The van der Waals surface area contributed by atoms with Crippen LogP contribution in [0.2, 0.25) is 4.34 Å². The maximum Gasteiger partial charge on any atom is 0.190 e. The van der Waals surface area contributed by atoms with Crippen LogP contribution in [0.5, 0.6) is 5.75 Å². The number of nitrogens with zero attached hydrogens (tertiary/aromatic N) is 2. The number of aromatic nitrogens is 2. The largest absolute Gasteiger partial charge is 0.495 e. The Hall–Kier alpha value is -2.90. The lowest BCUT2D eigenvalue weighted by Crippen LogP contribution is -1.89. The molecule has 4 aromatic rings. The molecule has 0 spiro atoms. The van der Waals surface area contributed by atoms with Crippen molar-refractivity contribution in [2.24, 2.45) is 7.05 Å². The third-order valence-electron chi connectivity index (χ3n) is 4.04. The summed E-state index contributed by atoms with van der Waals surface area (Å²) in [4.78, 5) is 26.5. The summed E-state index contributed by atoms with van der Waals surface area (Å²) in [6, 6.07) is 9.19. The van der Waals surface area contributed by atoms with E-state index in [0.29, 0.717) is 4.34 Å². The number of aryl methyl sites for hydroxylation is 2. The molecule has 0 unspecified atom stereocenters. The molecule has 0 bridgehead atoms. The number of halogens is 1. The summed E-state index contributed by atoms with van der Waals surface area (Å²) in [7, 11) is 3.55. The van der Waals surface area contributed by atoms with Crippen LogP contribution < -0.4 is 4.74 Å². The molecule has 214 valence electrons. The number of methoxy groups -OCH3 is 1. The number of carbonyl (C=O) groups excluding carboxylic acids is 2.